The third-order valence-corrected chi connectivity index (χ3v) is 0. The Morgan fingerprint density at radius 2 is 1.00 bits per heavy atom. The summed E-state index contributed by atoms with van der Waals surface area (Å²) in [6.45, 7) is 0. The van der Waals surface area contributed by atoms with Gasteiger partial charge in [-0.05, 0) is 0 Å². The van der Waals surface area contributed by atoms with Crippen LogP contribution in [0.5, 0.6) is 0 Å². The van der Waals surface area contributed by atoms with E-state index >= 15 is 0 Å². The summed E-state index contributed by atoms with van der Waals surface area (Å²) in [7, 11) is 1.00. The Kier molecular flexibility index (Phi) is 198. The van der Waals surface area contributed by atoms with Crippen LogP contribution in [0.1, 0.15) is 0 Å². The molecule has 0 atom stereocenters. The van der Waals surface area contributed by atoms with Crippen molar-refractivity contribution in [2.75, 3.05) is 13.4 Å². The SMILES string of the molecule is CO.C[S-].[Y].[Y]. The van der Waals surface area contributed by atoms with Crippen LogP contribution in [0, 0.1) is 0 Å². The van der Waals surface area contributed by atoms with Crippen molar-refractivity contribution in [3.8, 4) is 0 Å². The van der Waals surface area contributed by atoms with Crippen molar-refractivity contribution in [1.82, 2.24) is 0 Å². The van der Waals surface area contributed by atoms with E-state index in [0.717, 1.165) is 7.11 Å². The zero-order chi connectivity index (χ0) is 4.00. The fraction of sp³-hybridized carbons (Fsp3) is 1.00. The van der Waals surface area contributed by atoms with E-state index in [9.17, 15) is 0 Å². The van der Waals surface area contributed by atoms with Gasteiger partial charge in [0.2, 0.25) is 0 Å². The fourth-order valence-corrected chi connectivity index (χ4v) is 0. The first-order chi connectivity index (χ1) is 2.00. The summed E-state index contributed by atoms with van der Waals surface area (Å²) in [6, 6.07) is 0. The van der Waals surface area contributed by atoms with Gasteiger partial charge < -0.3 is 17.7 Å². The molecule has 4 heteroatoms. The molecular formula is C2H7OSY2-. The predicted octanol–water partition coefficient (Wildman–Crippen LogP) is -0.233. The average Bonchev–Trinajstić information content (AvgIpc) is 1.50. The maximum atomic E-state index is 7.00. The second-order valence-electron chi connectivity index (χ2n) is 0. The number of aliphatic hydroxyl groups is 1. The van der Waals surface area contributed by atoms with Crippen LogP contribution in [-0.4, -0.2) is 18.5 Å². The smallest absolute Gasteiger partial charge is 0.0319 e. The summed E-state index contributed by atoms with van der Waals surface area (Å²) in [5.41, 5.74) is 0. The predicted molar refractivity (Wildman–Crippen MR) is 21.4 cm³/mol. The Balaban J connectivity index is -0.00000000500. The van der Waals surface area contributed by atoms with Gasteiger partial charge in [0, 0.05) is 72.5 Å². The normalized spacial score (nSPS) is 2.00. The maximum absolute atomic E-state index is 7.00. The van der Waals surface area contributed by atoms with Crippen LogP contribution >= 0.6 is 0 Å². The van der Waals surface area contributed by atoms with Gasteiger partial charge in [-0.25, -0.2) is 0 Å². The number of hydrogen-bond acceptors (Lipinski definition) is 2. The molecule has 0 aliphatic carbocycles. The van der Waals surface area contributed by atoms with Crippen LogP contribution in [0.4, 0.5) is 0 Å². The minimum Gasteiger partial charge on any atom is -0.796 e. The zero-order valence-corrected chi connectivity index (χ0v) is 10.5. The van der Waals surface area contributed by atoms with E-state index in [1.165, 1.54) is 0 Å². The Bertz CT molecular complexity index is 11.5. The molecule has 0 aromatic heterocycles. The summed E-state index contributed by atoms with van der Waals surface area (Å²) >= 11 is 4.08. The monoisotopic (exact) mass is 257 g/mol. The van der Waals surface area contributed by atoms with Gasteiger partial charge >= 0.3 is 0 Å². The Hall–Kier alpha value is 2.52. The van der Waals surface area contributed by atoms with E-state index in [-0.39, 0.29) is 65.4 Å². The third kappa shape index (κ3) is 31.3. The minimum absolute atomic E-state index is 0. The molecule has 0 saturated carbocycles. The van der Waals surface area contributed by atoms with Gasteiger partial charge in [-0.3, -0.25) is 0 Å². The van der Waals surface area contributed by atoms with E-state index in [4.69, 9.17) is 5.11 Å². The average molecular weight is 257 g/mol. The number of rotatable bonds is 0. The summed E-state index contributed by atoms with van der Waals surface area (Å²) in [5.74, 6) is 0. The Morgan fingerprint density at radius 3 is 1.00 bits per heavy atom. The summed E-state index contributed by atoms with van der Waals surface area (Å²) in [6.07, 6.45) is 1.58. The summed E-state index contributed by atoms with van der Waals surface area (Å²) in [4.78, 5) is 0. The quantitative estimate of drug-likeness (QED) is 0.605. The van der Waals surface area contributed by atoms with E-state index in [1.807, 2.05) is 0 Å². The largest absolute Gasteiger partial charge is 0.796 e. The van der Waals surface area contributed by atoms with Crippen molar-refractivity contribution in [3.63, 3.8) is 0 Å². The van der Waals surface area contributed by atoms with Crippen molar-refractivity contribution in [2.24, 2.45) is 0 Å². The van der Waals surface area contributed by atoms with Crippen molar-refractivity contribution >= 4 is 12.6 Å². The molecule has 0 aromatic carbocycles. The Labute approximate surface area is 94.8 Å². The molecule has 0 aliphatic heterocycles. The summed E-state index contributed by atoms with van der Waals surface area (Å²) < 4.78 is 0. The van der Waals surface area contributed by atoms with Gasteiger partial charge in [0.25, 0.3) is 0 Å². The minimum atomic E-state index is 0. The van der Waals surface area contributed by atoms with E-state index < -0.39 is 0 Å². The van der Waals surface area contributed by atoms with Crippen molar-refractivity contribution < 1.29 is 70.5 Å². The molecule has 0 rings (SSSR count). The standard InChI is InChI=1S/CH4O.CH4S.2Y/c2*1-2;;/h2*2H,1H3;;/p-1. The topological polar surface area (TPSA) is 20.2 Å². The number of aliphatic hydroxyl groups excluding tert-OH is 1. The van der Waals surface area contributed by atoms with Crippen molar-refractivity contribution in [2.45, 2.75) is 0 Å². The zero-order valence-electron chi connectivity index (χ0n) is 4.01. The molecule has 6 heavy (non-hydrogen) atoms. The molecule has 0 saturated heterocycles. The van der Waals surface area contributed by atoms with Crippen molar-refractivity contribution in [3.05, 3.63) is 0 Å². The van der Waals surface area contributed by atoms with E-state index in [0.29, 0.717) is 0 Å². The molecule has 34 valence electrons. The van der Waals surface area contributed by atoms with Crippen LogP contribution < -0.4 is 0 Å². The molecule has 0 amide bonds. The van der Waals surface area contributed by atoms with E-state index in [2.05, 4.69) is 12.6 Å². The maximum Gasteiger partial charge on any atom is 0.0319 e. The molecule has 0 fully saturated rings. The molecule has 0 heterocycles. The van der Waals surface area contributed by atoms with Crippen LogP contribution in [0.3, 0.4) is 0 Å². The van der Waals surface area contributed by atoms with Gasteiger partial charge in [-0.2, -0.15) is 6.26 Å². The van der Waals surface area contributed by atoms with E-state index in [1.54, 1.807) is 6.26 Å². The van der Waals surface area contributed by atoms with Gasteiger partial charge in [-0.1, -0.05) is 0 Å². The van der Waals surface area contributed by atoms with Gasteiger partial charge in [-0.15, -0.1) is 0 Å². The molecule has 1 N–H and O–H groups in total. The first-order valence-electron chi connectivity index (χ1n) is 0.855. The molecular weight excluding hydrogens is 250 g/mol. The molecule has 2 radical (unpaired) electrons. The first-order valence-corrected chi connectivity index (χ1v) is 1.67. The van der Waals surface area contributed by atoms with Crippen LogP contribution in [0.2, 0.25) is 0 Å². The molecule has 0 unspecified atom stereocenters. The molecule has 1 nitrogen and oxygen atoms in total. The second-order valence-corrected chi connectivity index (χ2v) is 0. The van der Waals surface area contributed by atoms with Crippen LogP contribution in [-0.2, 0) is 78.0 Å². The first kappa shape index (κ1) is 23.6. The molecule has 0 aliphatic rings. The molecule has 0 spiro atoms. The Morgan fingerprint density at radius 1 is 1.00 bits per heavy atom. The van der Waals surface area contributed by atoms with Crippen LogP contribution in [0.25, 0.3) is 0 Å². The fourth-order valence-electron chi connectivity index (χ4n) is 0. The second kappa shape index (κ2) is 50.4. The molecule has 0 bridgehead atoms. The number of hydrogen-bond donors (Lipinski definition) is 1. The van der Waals surface area contributed by atoms with Gasteiger partial charge in [0.05, 0.1) is 0 Å². The third-order valence-electron chi connectivity index (χ3n) is 0. The van der Waals surface area contributed by atoms with Gasteiger partial charge in [0.15, 0.2) is 0 Å². The summed E-state index contributed by atoms with van der Waals surface area (Å²) in [5, 5.41) is 7.00. The van der Waals surface area contributed by atoms with Gasteiger partial charge in [0.1, 0.15) is 0 Å². The van der Waals surface area contributed by atoms with Crippen LogP contribution in [0.15, 0.2) is 0 Å². The molecule has 0 aromatic rings. The van der Waals surface area contributed by atoms with Crippen molar-refractivity contribution in [1.29, 1.82) is 0 Å².